The zero-order valence-corrected chi connectivity index (χ0v) is 11.2. The number of nitrogens with zero attached hydrogens (tertiary/aromatic N) is 1. The minimum Gasteiger partial charge on any atom is -0.469 e. The molecule has 0 unspecified atom stereocenters. The zero-order valence-electron chi connectivity index (χ0n) is 10.5. The van der Waals surface area contributed by atoms with Crippen LogP contribution in [0, 0.1) is 0 Å². The van der Waals surface area contributed by atoms with E-state index in [0.29, 0.717) is 17.2 Å². The Morgan fingerprint density at radius 3 is 2.60 bits per heavy atom. The molecule has 6 heteroatoms. The molecule has 0 saturated carbocycles. The van der Waals surface area contributed by atoms with E-state index in [1.54, 1.807) is 42.7 Å². The van der Waals surface area contributed by atoms with Crippen molar-refractivity contribution in [3.8, 4) is 0 Å². The van der Waals surface area contributed by atoms with E-state index in [2.05, 4.69) is 10.3 Å². The van der Waals surface area contributed by atoms with E-state index in [-0.39, 0.29) is 11.9 Å². The monoisotopic (exact) mass is 289 g/mol. The molecule has 1 aliphatic rings. The molecule has 0 bridgehead atoms. The van der Waals surface area contributed by atoms with Crippen molar-refractivity contribution in [2.75, 3.05) is 0 Å². The first-order valence-corrected chi connectivity index (χ1v) is 6.43. The predicted octanol–water partition coefficient (Wildman–Crippen LogP) is 1.82. The molecule has 0 spiro atoms. The number of nitrogens with one attached hydrogen (secondary N) is 1. The van der Waals surface area contributed by atoms with Crippen molar-refractivity contribution >= 4 is 23.5 Å². The molecule has 1 atom stereocenters. The van der Waals surface area contributed by atoms with Crippen LogP contribution in [0.3, 0.4) is 0 Å². The molecule has 2 heterocycles. The van der Waals surface area contributed by atoms with Crippen LogP contribution in [-0.2, 0) is 16.8 Å². The van der Waals surface area contributed by atoms with Crippen LogP contribution >= 0.6 is 11.6 Å². The molecule has 3 N–H and O–H groups in total. The Hall–Kier alpha value is -2.27. The third-order valence-corrected chi connectivity index (χ3v) is 3.51. The molecule has 5 nitrogen and oxygen atoms in total. The average Bonchev–Trinajstić information content (AvgIpc) is 3.00. The highest BCUT2D eigenvalue weighted by molar-refractivity contribution is 6.30. The van der Waals surface area contributed by atoms with E-state index in [9.17, 15) is 4.79 Å². The van der Waals surface area contributed by atoms with Crippen molar-refractivity contribution in [1.29, 1.82) is 0 Å². The van der Waals surface area contributed by atoms with Gasteiger partial charge in [-0.15, -0.1) is 0 Å². The van der Waals surface area contributed by atoms with Crippen LogP contribution in [0.15, 0.2) is 52.1 Å². The summed E-state index contributed by atoms with van der Waals surface area (Å²) < 4.78 is 5.33. The smallest absolute Gasteiger partial charge is 0.259 e. The molecule has 0 fully saturated rings. The third-order valence-electron chi connectivity index (χ3n) is 3.26. The molecule has 0 radical (unpaired) electrons. The van der Waals surface area contributed by atoms with Gasteiger partial charge in [-0.1, -0.05) is 23.7 Å². The molecule has 3 rings (SSSR count). The number of guanidine groups is 1. The van der Waals surface area contributed by atoms with Crippen LogP contribution in [0.25, 0.3) is 0 Å². The number of halogens is 1. The van der Waals surface area contributed by atoms with Crippen molar-refractivity contribution in [1.82, 2.24) is 5.32 Å². The molecular weight excluding hydrogens is 278 g/mol. The van der Waals surface area contributed by atoms with Crippen molar-refractivity contribution in [2.45, 2.75) is 12.0 Å². The Morgan fingerprint density at radius 1 is 1.30 bits per heavy atom. The quantitative estimate of drug-likeness (QED) is 0.904. The van der Waals surface area contributed by atoms with Gasteiger partial charge in [0.15, 0.2) is 11.5 Å². The van der Waals surface area contributed by atoms with E-state index in [0.717, 1.165) is 5.56 Å². The third kappa shape index (κ3) is 2.06. The maximum atomic E-state index is 12.3. The number of rotatable bonds is 3. The van der Waals surface area contributed by atoms with E-state index >= 15 is 0 Å². The lowest BCUT2D eigenvalue weighted by molar-refractivity contribution is -0.124. The number of carbonyl (C=O) groups excluding carboxylic acids is 1. The lowest BCUT2D eigenvalue weighted by atomic mass is 9.86. The molecule has 1 aromatic heterocycles. The van der Waals surface area contributed by atoms with Gasteiger partial charge in [0.1, 0.15) is 5.76 Å². The molecule has 1 aromatic carbocycles. The summed E-state index contributed by atoms with van der Waals surface area (Å²) in [5, 5.41) is 3.14. The van der Waals surface area contributed by atoms with Crippen molar-refractivity contribution in [2.24, 2.45) is 10.7 Å². The van der Waals surface area contributed by atoms with Crippen LogP contribution in [0.4, 0.5) is 0 Å². The largest absolute Gasteiger partial charge is 0.469 e. The van der Waals surface area contributed by atoms with Gasteiger partial charge in [0.2, 0.25) is 0 Å². The number of aliphatic imine (C=N–C) groups is 1. The molecule has 20 heavy (non-hydrogen) atoms. The zero-order chi connectivity index (χ0) is 14.2. The number of benzene rings is 1. The molecule has 2 aromatic rings. The Labute approximate surface area is 120 Å². The highest BCUT2D eigenvalue weighted by Gasteiger charge is 2.45. The van der Waals surface area contributed by atoms with Crippen LogP contribution in [-0.4, -0.2) is 11.9 Å². The Balaban J connectivity index is 2.08. The second-order valence-electron chi connectivity index (χ2n) is 4.57. The summed E-state index contributed by atoms with van der Waals surface area (Å²) in [6.45, 7) is 0. The first-order chi connectivity index (χ1) is 9.60. The highest BCUT2D eigenvalue weighted by atomic mass is 35.5. The Bertz CT molecular complexity index is 664. The molecule has 1 amide bonds. The van der Waals surface area contributed by atoms with E-state index < -0.39 is 5.54 Å². The maximum Gasteiger partial charge on any atom is 0.259 e. The second kappa shape index (κ2) is 4.68. The average molecular weight is 290 g/mol. The molecule has 102 valence electrons. The van der Waals surface area contributed by atoms with Gasteiger partial charge in [-0.05, 0) is 29.8 Å². The summed E-state index contributed by atoms with van der Waals surface area (Å²) in [5.74, 6) is 0.499. The summed E-state index contributed by atoms with van der Waals surface area (Å²) in [7, 11) is 0. The minimum atomic E-state index is -1.10. The lowest BCUT2D eigenvalue weighted by Crippen LogP contribution is -2.40. The van der Waals surface area contributed by atoms with Gasteiger partial charge in [0.25, 0.3) is 5.91 Å². The van der Waals surface area contributed by atoms with Crippen molar-refractivity contribution < 1.29 is 9.21 Å². The van der Waals surface area contributed by atoms with Crippen LogP contribution in [0.2, 0.25) is 5.02 Å². The topological polar surface area (TPSA) is 80.6 Å². The predicted molar refractivity (Wildman–Crippen MR) is 75.3 cm³/mol. The maximum absolute atomic E-state index is 12.3. The van der Waals surface area contributed by atoms with Gasteiger partial charge in [0.05, 0.1) is 6.26 Å². The van der Waals surface area contributed by atoms with Gasteiger partial charge in [0, 0.05) is 11.4 Å². The summed E-state index contributed by atoms with van der Waals surface area (Å²) in [6.07, 6.45) is 1.86. The molecule has 0 saturated heterocycles. The minimum absolute atomic E-state index is 0.108. The van der Waals surface area contributed by atoms with Crippen LogP contribution < -0.4 is 11.1 Å². The molecule has 0 aliphatic carbocycles. The number of carbonyl (C=O) groups is 1. The fourth-order valence-electron chi connectivity index (χ4n) is 2.31. The lowest BCUT2D eigenvalue weighted by Gasteiger charge is -2.22. The summed E-state index contributed by atoms with van der Waals surface area (Å²) in [4.78, 5) is 16.6. The van der Waals surface area contributed by atoms with Crippen molar-refractivity contribution in [3.05, 3.63) is 59.0 Å². The summed E-state index contributed by atoms with van der Waals surface area (Å²) in [6, 6.07) is 10.6. The highest BCUT2D eigenvalue weighted by Crippen LogP contribution is 2.34. The SMILES string of the molecule is NC1=N[C@](Cc2ccco2)(c2ccc(Cl)cc2)C(=O)N1. The van der Waals surface area contributed by atoms with Gasteiger partial charge in [-0.25, -0.2) is 4.99 Å². The normalized spacial score (nSPS) is 21.6. The standard InChI is InChI=1S/C14H12ClN3O2/c15-10-5-3-9(4-6-10)14(8-11-2-1-7-20-11)12(19)17-13(16)18-14/h1-7H,8H2,(H3,16,17,18,19)/t14-/m1/s1. The van der Waals surface area contributed by atoms with Gasteiger partial charge < -0.3 is 10.2 Å². The van der Waals surface area contributed by atoms with Crippen LogP contribution in [0.5, 0.6) is 0 Å². The van der Waals surface area contributed by atoms with E-state index in [4.69, 9.17) is 21.8 Å². The van der Waals surface area contributed by atoms with Crippen molar-refractivity contribution in [3.63, 3.8) is 0 Å². The first-order valence-electron chi connectivity index (χ1n) is 6.05. The Morgan fingerprint density at radius 2 is 2.05 bits per heavy atom. The Kier molecular flexibility index (Phi) is 2.99. The fourth-order valence-corrected chi connectivity index (χ4v) is 2.44. The summed E-state index contributed by atoms with van der Waals surface area (Å²) >= 11 is 5.89. The van der Waals surface area contributed by atoms with Gasteiger partial charge in [-0.3, -0.25) is 10.1 Å². The van der Waals surface area contributed by atoms with E-state index in [1.165, 1.54) is 0 Å². The number of nitrogens with two attached hydrogens (primary N) is 1. The summed E-state index contributed by atoms with van der Waals surface area (Å²) in [5.41, 5.74) is 5.27. The molecule has 1 aliphatic heterocycles. The van der Waals surface area contributed by atoms with Gasteiger partial charge >= 0.3 is 0 Å². The molecular formula is C14H12ClN3O2. The van der Waals surface area contributed by atoms with Gasteiger partial charge in [-0.2, -0.15) is 0 Å². The first kappa shape index (κ1) is 12.7. The van der Waals surface area contributed by atoms with E-state index in [1.807, 2.05) is 0 Å². The number of furan rings is 1. The number of amides is 1. The second-order valence-corrected chi connectivity index (χ2v) is 5.01. The van der Waals surface area contributed by atoms with Crippen LogP contribution in [0.1, 0.15) is 11.3 Å². The number of hydrogen-bond acceptors (Lipinski definition) is 4. The number of hydrogen-bond donors (Lipinski definition) is 2. The fraction of sp³-hybridized carbons (Fsp3) is 0.143.